The van der Waals surface area contributed by atoms with Crippen LogP contribution in [0, 0.1) is 6.92 Å². The lowest BCUT2D eigenvalue weighted by atomic mass is 10.1. The molecule has 1 aromatic carbocycles. The SMILES string of the molecule is CCn1c(C)cc(=O)c2cc(C(=O)Nc3ncccn3)ccc21. The highest BCUT2D eigenvalue weighted by atomic mass is 16.1. The van der Waals surface area contributed by atoms with Crippen LogP contribution in [-0.2, 0) is 6.54 Å². The van der Waals surface area contributed by atoms with Crippen molar-refractivity contribution in [3.63, 3.8) is 0 Å². The first kappa shape index (κ1) is 14.9. The minimum absolute atomic E-state index is 0.0900. The molecular formula is C17H16N4O2. The Morgan fingerprint density at radius 2 is 1.96 bits per heavy atom. The summed E-state index contributed by atoms with van der Waals surface area (Å²) in [5.41, 5.74) is 2.03. The fourth-order valence-corrected chi connectivity index (χ4v) is 2.60. The molecule has 3 aromatic rings. The number of amides is 1. The molecule has 2 heterocycles. The Morgan fingerprint density at radius 3 is 2.65 bits per heavy atom. The highest BCUT2D eigenvalue weighted by molar-refractivity contribution is 6.05. The predicted molar refractivity (Wildman–Crippen MR) is 88.6 cm³/mol. The van der Waals surface area contributed by atoms with Gasteiger partial charge in [-0.3, -0.25) is 14.9 Å². The smallest absolute Gasteiger partial charge is 0.258 e. The van der Waals surface area contributed by atoms with Gasteiger partial charge in [0.25, 0.3) is 5.91 Å². The number of carbonyl (C=O) groups excluding carboxylic acids is 1. The van der Waals surface area contributed by atoms with Crippen molar-refractivity contribution in [2.24, 2.45) is 0 Å². The number of hydrogen-bond acceptors (Lipinski definition) is 4. The average molecular weight is 308 g/mol. The maximum Gasteiger partial charge on any atom is 0.258 e. The second-order valence-electron chi connectivity index (χ2n) is 5.15. The zero-order valence-corrected chi connectivity index (χ0v) is 12.9. The van der Waals surface area contributed by atoms with Crippen LogP contribution in [0.4, 0.5) is 5.95 Å². The van der Waals surface area contributed by atoms with Crippen molar-refractivity contribution in [3.8, 4) is 0 Å². The zero-order chi connectivity index (χ0) is 16.4. The van der Waals surface area contributed by atoms with Crippen molar-refractivity contribution in [2.45, 2.75) is 20.4 Å². The molecule has 2 aromatic heterocycles. The van der Waals surface area contributed by atoms with Gasteiger partial charge in [-0.25, -0.2) is 9.97 Å². The zero-order valence-electron chi connectivity index (χ0n) is 12.9. The molecule has 0 aliphatic heterocycles. The Balaban J connectivity index is 2.03. The van der Waals surface area contributed by atoms with E-state index in [1.165, 1.54) is 0 Å². The van der Waals surface area contributed by atoms with Crippen LogP contribution in [0.5, 0.6) is 0 Å². The Bertz CT molecular complexity index is 932. The van der Waals surface area contributed by atoms with E-state index in [1.54, 1.807) is 42.7 Å². The number of hydrogen-bond donors (Lipinski definition) is 1. The van der Waals surface area contributed by atoms with Gasteiger partial charge in [0.2, 0.25) is 5.95 Å². The number of pyridine rings is 1. The third-order valence-corrected chi connectivity index (χ3v) is 3.69. The van der Waals surface area contributed by atoms with Crippen LogP contribution in [-0.4, -0.2) is 20.4 Å². The summed E-state index contributed by atoms with van der Waals surface area (Å²) in [6, 6.07) is 8.37. The third-order valence-electron chi connectivity index (χ3n) is 3.69. The van der Waals surface area contributed by atoms with E-state index in [4.69, 9.17) is 0 Å². The van der Waals surface area contributed by atoms with Gasteiger partial charge in [0, 0.05) is 41.6 Å². The molecule has 0 spiro atoms. The van der Waals surface area contributed by atoms with Gasteiger partial charge in [-0.15, -0.1) is 0 Å². The van der Waals surface area contributed by atoms with E-state index >= 15 is 0 Å². The summed E-state index contributed by atoms with van der Waals surface area (Å²) in [5, 5.41) is 3.14. The van der Waals surface area contributed by atoms with E-state index in [2.05, 4.69) is 15.3 Å². The summed E-state index contributed by atoms with van der Waals surface area (Å²) in [5.74, 6) is -0.117. The number of aryl methyl sites for hydroxylation is 2. The molecule has 0 unspecified atom stereocenters. The third kappa shape index (κ3) is 2.83. The molecule has 0 aliphatic carbocycles. The van der Waals surface area contributed by atoms with E-state index in [0.29, 0.717) is 10.9 Å². The van der Waals surface area contributed by atoms with E-state index in [0.717, 1.165) is 17.8 Å². The van der Waals surface area contributed by atoms with Gasteiger partial charge in [0.15, 0.2) is 5.43 Å². The van der Waals surface area contributed by atoms with E-state index in [1.807, 2.05) is 18.4 Å². The minimum atomic E-state index is -0.346. The van der Waals surface area contributed by atoms with Crippen LogP contribution in [0.2, 0.25) is 0 Å². The number of aromatic nitrogens is 3. The lowest BCUT2D eigenvalue weighted by molar-refractivity contribution is 0.102. The average Bonchev–Trinajstić information content (AvgIpc) is 2.56. The fourth-order valence-electron chi connectivity index (χ4n) is 2.60. The van der Waals surface area contributed by atoms with Crippen molar-refractivity contribution < 1.29 is 4.79 Å². The summed E-state index contributed by atoms with van der Waals surface area (Å²) in [7, 11) is 0. The van der Waals surface area contributed by atoms with Gasteiger partial charge in [-0.05, 0) is 38.1 Å². The van der Waals surface area contributed by atoms with Gasteiger partial charge in [0.05, 0.1) is 5.52 Å². The summed E-state index contributed by atoms with van der Waals surface area (Å²) in [4.78, 5) is 32.4. The van der Waals surface area contributed by atoms with Gasteiger partial charge < -0.3 is 4.57 Å². The van der Waals surface area contributed by atoms with E-state index < -0.39 is 0 Å². The highest BCUT2D eigenvalue weighted by Crippen LogP contribution is 2.16. The van der Waals surface area contributed by atoms with Crippen molar-refractivity contribution >= 4 is 22.8 Å². The topological polar surface area (TPSA) is 76.9 Å². The number of rotatable bonds is 3. The van der Waals surface area contributed by atoms with Crippen LogP contribution < -0.4 is 10.7 Å². The first-order chi connectivity index (χ1) is 11.1. The molecule has 0 radical (unpaired) electrons. The Morgan fingerprint density at radius 1 is 1.22 bits per heavy atom. The molecule has 6 heteroatoms. The Labute approximate surface area is 132 Å². The van der Waals surface area contributed by atoms with Crippen molar-refractivity contribution in [3.05, 3.63) is 64.2 Å². The standard InChI is InChI=1S/C17H16N4O2/c1-3-21-11(2)9-15(22)13-10-12(5-6-14(13)21)16(23)20-17-18-7-4-8-19-17/h4-10H,3H2,1-2H3,(H,18,19,20,23). The molecule has 23 heavy (non-hydrogen) atoms. The molecule has 0 saturated heterocycles. The molecule has 1 N–H and O–H groups in total. The second-order valence-corrected chi connectivity index (χ2v) is 5.15. The molecule has 0 aliphatic rings. The van der Waals surface area contributed by atoms with E-state index in [9.17, 15) is 9.59 Å². The maximum absolute atomic E-state index is 12.3. The summed E-state index contributed by atoms with van der Waals surface area (Å²) >= 11 is 0. The molecule has 0 fully saturated rings. The van der Waals surface area contributed by atoms with Crippen LogP contribution in [0.25, 0.3) is 10.9 Å². The Hall–Kier alpha value is -3.02. The number of nitrogens with zero attached hydrogens (tertiary/aromatic N) is 3. The van der Waals surface area contributed by atoms with Crippen molar-refractivity contribution in [1.29, 1.82) is 0 Å². The minimum Gasteiger partial charge on any atom is -0.345 e. The summed E-state index contributed by atoms with van der Waals surface area (Å²) in [6.07, 6.45) is 3.09. The number of nitrogens with one attached hydrogen (secondary N) is 1. The maximum atomic E-state index is 12.3. The lowest BCUT2D eigenvalue weighted by Crippen LogP contribution is -2.16. The van der Waals surface area contributed by atoms with Gasteiger partial charge >= 0.3 is 0 Å². The molecule has 1 amide bonds. The summed E-state index contributed by atoms with van der Waals surface area (Å²) < 4.78 is 2.04. The Kier molecular flexibility index (Phi) is 3.89. The van der Waals surface area contributed by atoms with Crippen LogP contribution in [0.15, 0.2) is 47.5 Å². The van der Waals surface area contributed by atoms with E-state index in [-0.39, 0.29) is 17.3 Å². The second kappa shape index (κ2) is 6.00. The predicted octanol–water partition coefficient (Wildman–Crippen LogP) is 2.37. The molecule has 3 rings (SSSR count). The highest BCUT2D eigenvalue weighted by Gasteiger charge is 2.11. The quantitative estimate of drug-likeness (QED) is 0.806. The lowest BCUT2D eigenvalue weighted by Gasteiger charge is -2.13. The van der Waals surface area contributed by atoms with Crippen LogP contribution >= 0.6 is 0 Å². The molecule has 0 bridgehead atoms. The van der Waals surface area contributed by atoms with Gasteiger partial charge in [-0.2, -0.15) is 0 Å². The van der Waals surface area contributed by atoms with Crippen LogP contribution in [0.1, 0.15) is 23.0 Å². The molecule has 0 saturated carbocycles. The molecular weight excluding hydrogens is 292 g/mol. The number of anilines is 1. The van der Waals surface area contributed by atoms with Crippen molar-refractivity contribution in [2.75, 3.05) is 5.32 Å². The molecule has 116 valence electrons. The molecule has 6 nitrogen and oxygen atoms in total. The number of fused-ring (bicyclic) bond motifs is 1. The number of carbonyl (C=O) groups is 1. The first-order valence-electron chi connectivity index (χ1n) is 7.32. The molecule has 0 atom stereocenters. The summed E-state index contributed by atoms with van der Waals surface area (Å²) in [6.45, 7) is 4.67. The van der Waals surface area contributed by atoms with Gasteiger partial charge in [-0.1, -0.05) is 0 Å². The fraction of sp³-hybridized carbons (Fsp3) is 0.176. The van der Waals surface area contributed by atoms with Gasteiger partial charge in [0.1, 0.15) is 0 Å². The monoisotopic (exact) mass is 308 g/mol. The van der Waals surface area contributed by atoms with Crippen molar-refractivity contribution in [1.82, 2.24) is 14.5 Å². The van der Waals surface area contributed by atoms with Crippen LogP contribution in [0.3, 0.4) is 0 Å². The number of benzene rings is 1. The normalized spacial score (nSPS) is 10.7. The first-order valence-corrected chi connectivity index (χ1v) is 7.32. The largest absolute Gasteiger partial charge is 0.345 e.